The molecule has 0 bridgehead atoms. The largest absolute Gasteiger partial charge is 0.281 e. The van der Waals surface area contributed by atoms with E-state index in [2.05, 4.69) is 15.2 Å². The van der Waals surface area contributed by atoms with E-state index >= 15 is 0 Å². The molecule has 11 heteroatoms. The summed E-state index contributed by atoms with van der Waals surface area (Å²) >= 11 is 0. The Balaban J connectivity index is 1.40. The highest BCUT2D eigenvalue weighted by Crippen LogP contribution is 2.30. The fourth-order valence-corrected chi connectivity index (χ4v) is 4.69. The molecule has 0 atom stereocenters. The van der Waals surface area contributed by atoms with Crippen molar-refractivity contribution in [1.29, 1.82) is 0 Å². The molecule has 0 unspecified atom stereocenters. The van der Waals surface area contributed by atoms with Gasteiger partial charge in [0.15, 0.2) is 5.82 Å². The van der Waals surface area contributed by atoms with Gasteiger partial charge in [-0.3, -0.25) is 34.2 Å². The van der Waals surface area contributed by atoms with Crippen molar-refractivity contribution in [2.24, 2.45) is 4.99 Å². The molecule has 0 saturated heterocycles. The minimum Gasteiger partial charge on any atom is -0.281 e. The van der Waals surface area contributed by atoms with E-state index in [1.165, 1.54) is 23.1 Å². The molecule has 0 N–H and O–H groups in total. The van der Waals surface area contributed by atoms with E-state index in [1.54, 1.807) is 53.1 Å². The van der Waals surface area contributed by atoms with Gasteiger partial charge in [-0.25, -0.2) is 4.39 Å². The first-order valence-electron chi connectivity index (χ1n) is 11.4. The lowest BCUT2D eigenvalue weighted by Gasteiger charge is -2.16. The highest BCUT2D eigenvalue weighted by molar-refractivity contribution is 6.21. The molecule has 0 fully saturated rings. The Morgan fingerprint density at radius 3 is 2.24 bits per heavy atom. The monoisotopic (exact) mass is 496 g/mol. The quantitative estimate of drug-likeness (QED) is 0.237. The van der Waals surface area contributed by atoms with Crippen LogP contribution in [0.25, 0.3) is 5.69 Å². The van der Waals surface area contributed by atoms with Crippen LogP contribution in [0.15, 0.2) is 71.7 Å². The summed E-state index contributed by atoms with van der Waals surface area (Å²) in [6.45, 7) is 0.111. The van der Waals surface area contributed by atoms with Crippen LogP contribution in [0.3, 0.4) is 0 Å². The standard InChI is InChI=1S/C26H17FN6O4/c27-20-8-4-3-7-18(20)24-19-13-15(33(36)37)9-10-21(19)32-22(29-30-23(32)14-28-24)11-12-31-25(34)16-5-1-2-6-17(16)26(31)35/h1-10,13H,11-12,14H2. The van der Waals surface area contributed by atoms with Crippen LogP contribution in [-0.2, 0) is 13.0 Å². The fraction of sp³-hybridized carbons (Fsp3) is 0.115. The number of non-ortho nitro benzene ring substituents is 1. The van der Waals surface area contributed by atoms with E-state index in [-0.39, 0.29) is 48.3 Å². The highest BCUT2D eigenvalue weighted by Gasteiger charge is 2.35. The molecule has 0 radical (unpaired) electrons. The zero-order valence-electron chi connectivity index (χ0n) is 19.2. The molecule has 3 aromatic carbocycles. The summed E-state index contributed by atoms with van der Waals surface area (Å²) in [5, 5.41) is 20.0. The number of aromatic nitrogens is 3. The van der Waals surface area contributed by atoms with Crippen molar-refractivity contribution in [2.45, 2.75) is 13.0 Å². The lowest BCUT2D eigenvalue weighted by Crippen LogP contribution is -2.32. The van der Waals surface area contributed by atoms with E-state index < -0.39 is 10.7 Å². The third-order valence-electron chi connectivity index (χ3n) is 6.43. The Bertz CT molecular complexity index is 1630. The number of imide groups is 1. The van der Waals surface area contributed by atoms with Crippen molar-refractivity contribution < 1.29 is 18.9 Å². The Morgan fingerprint density at radius 1 is 0.892 bits per heavy atom. The number of carbonyl (C=O) groups is 2. The summed E-state index contributed by atoms with van der Waals surface area (Å²) in [4.78, 5) is 42.3. The molecule has 2 aliphatic rings. The lowest BCUT2D eigenvalue weighted by atomic mass is 9.99. The Hall–Kier alpha value is -5.06. The number of fused-ring (bicyclic) bond motifs is 4. The molecule has 6 rings (SSSR count). The van der Waals surface area contributed by atoms with E-state index in [0.717, 1.165) is 0 Å². The minimum atomic E-state index is -0.527. The van der Waals surface area contributed by atoms with Crippen LogP contribution in [-0.4, -0.2) is 48.7 Å². The topological polar surface area (TPSA) is 124 Å². The summed E-state index contributed by atoms with van der Waals surface area (Å²) in [6.07, 6.45) is 0.184. The number of hydrogen-bond donors (Lipinski definition) is 0. The molecular formula is C26H17FN6O4. The molecule has 0 aliphatic carbocycles. The second-order valence-electron chi connectivity index (χ2n) is 8.53. The van der Waals surface area contributed by atoms with Gasteiger partial charge in [-0.15, -0.1) is 10.2 Å². The lowest BCUT2D eigenvalue weighted by molar-refractivity contribution is -0.384. The van der Waals surface area contributed by atoms with Crippen molar-refractivity contribution in [3.63, 3.8) is 0 Å². The number of rotatable bonds is 5. The number of nitro benzene ring substituents is 1. The van der Waals surface area contributed by atoms with Crippen LogP contribution in [0, 0.1) is 15.9 Å². The van der Waals surface area contributed by atoms with E-state index in [0.29, 0.717) is 34.0 Å². The van der Waals surface area contributed by atoms with Gasteiger partial charge in [-0.2, -0.15) is 0 Å². The zero-order chi connectivity index (χ0) is 25.7. The number of amides is 2. The summed E-state index contributed by atoms with van der Waals surface area (Å²) in [7, 11) is 0. The van der Waals surface area contributed by atoms with Gasteiger partial charge in [-0.1, -0.05) is 24.3 Å². The normalized spacial score (nSPS) is 14.1. The van der Waals surface area contributed by atoms with E-state index in [1.807, 2.05) is 0 Å². The molecule has 2 aliphatic heterocycles. The number of aliphatic imine (C=N–C) groups is 1. The van der Waals surface area contributed by atoms with Crippen molar-refractivity contribution in [3.8, 4) is 5.69 Å². The van der Waals surface area contributed by atoms with Crippen molar-refractivity contribution in [2.75, 3.05) is 6.54 Å². The van der Waals surface area contributed by atoms with Gasteiger partial charge in [0.05, 0.1) is 27.4 Å². The van der Waals surface area contributed by atoms with Gasteiger partial charge in [0.2, 0.25) is 0 Å². The fourth-order valence-electron chi connectivity index (χ4n) is 4.69. The first-order chi connectivity index (χ1) is 17.9. The maximum Gasteiger partial charge on any atom is 0.270 e. The Labute approximate surface area is 208 Å². The van der Waals surface area contributed by atoms with Gasteiger partial charge in [0.25, 0.3) is 17.5 Å². The molecule has 2 amide bonds. The van der Waals surface area contributed by atoms with Crippen molar-refractivity contribution in [1.82, 2.24) is 19.7 Å². The molecule has 10 nitrogen and oxygen atoms in total. The van der Waals surface area contributed by atoms with Gasteiger partial charge in [0, 0.05) is 36.2 Å². The number of hydrogen-bond acceptors (Lipinski definition) is 7. The van der Waals surface area contributed by atoms with E-state index in [9.17, 15) is 24.1 Å². The second-order valence-corrected chi connectivity index (χ2v) is 8.53. The predicted molar refractivity (Wildman–Crippen MR) is 129 cm³/mol. The van der Waals surface area contributed by atoms with Gasteiger partial charge >= 0.3 is 0 Å². The SMILES string of the molecule is O=C1c2ccccc2C(=O)N1CCc1nnc2n1-c1ccc([N+](=O)[O-])cc1C(c1ccccc1F)=NC2. The van der Waals surface area contributed by atoms with E-state index in [4.69, 9.17) is 0 Å². The third kappa shape index (κ3) is 3.59. The van der Waals surface area contributed by atoms with Crippen LogP contribution >= 0.6 is 0 Å². The maximum absolute atomic E-state index is 14.8. The van der Waals surface area contributed by atoms with Crippen LogP contribution in [0.4, 0.5) is 10.1 Å². The number of carbonyl (C=O) groups excluding carboxylic acids is 2. The summed E-state index contributed by atoms with van der Waals surface area (Å²) in [5.74, 6) is -0.387. The number of nitro groups is 1. The molecule has 182 valence electrons. The number of nitrogens with zero attached hydrogens (tertiary/aromatic N) is 6. The second kappa shape index (κ2) is 8.55. The predicted octanol–water partition coefficient (Wildman–Crippen LogP) is 3.50. The summed E-state index contributed by atoms with van der Waals surface area (Å²) in [5.41, 5.74) is 1.83. The van der Waals surface area contributed by atoms with Gasteiger partial charge < -0.3 is 0 Å². The number of halogens is 1. The average molecular weight is 496 g/mol. The van der Waals surface area contributed by atoms with Crippen LogP contribution in [0.5, 0.6) is 0 Å². The van der Waals surface area contributed by atoms with Crippen LogP contribution < -0.4 is 0 Å². The zero-order valence-corrected chi connectivity index (χ0v) is 19.2. The Morgan fingerprint density at radius 2 is 1.57 bits per heavy atom. The first-order valence-corrected chi connectivity index (χ1v) is 11.4. The Kier molecular flexibility index (Phi) is 5.18. The average Bonchev–Trinajstić information content (AvgIpc) is 3.36. The molecule has 1 aromatic heterocycles. The van der Waals surface area contributed by atoms with Gasteiger partial charge in [-0.05, 0) is 30.3 Å². The minimum absolute atomic E-state index is 0.0478. The molecule has 3 heterocycles. The number of benzene rings is 3. The molecule has 4 aromatic rings. The molecular weight excluding hydrogens is 479 g/mol. The third-order valence-corrected chi connectivity index (χ3v) is 6.43. The van der Waals surface area contributed by atoms with Crippen LogP contribution in [0.2, 0.25) is 0 Å². The van der Waals surface area contributed by atoms with Crippen molar-refractivity contribution in [3.05, 3.63) is 117 Å². The smallest absolute Gasteiger partial charge is 0.270 e. The molecule has 0 spiro atoms. The molecule has 37 heavy (non-hydrogen) atoms. The van der Waals surface area contributed by atoms with Crippen LogP contribution in [0.1, 0.15) is 43.5 Å². The molecule has 0 saturated carbocycles. The van der Waals surface area contributed by atoms with Crippen molar-refractivity contribution >= 4 is 23.2 Å². The summed E-state index contributed by atoms with van der Waals surface area (Å²) in [6, 6.07) is 17.0. The first kappa shape index (κ1) is 22.4. The van der Waals surface area contributed by atoms with Gasteiger partial charge in [0.1, 0.15) is 18.2 Å². The highest BCUT2D eigenvalue weighted by atomic mass is 19.1. The maximum atomic E-state index is 14.8. The summed E-state index contributed by atoms with van der Waals surface area (Å²) < 4.78 is 16.5.